The third kappa shape index (κ3) is 2.76. The highest BCUT2D eigenvalue weighted by atomic mass is 16.6. The summed E-state index contributed by atoms with van der Waals surface area (Å²) in [6.45, 7) is 4.25. The Hall–Kier alpha value is -2.02. The molecule has 1 aliphatic rings. The van der Waals surface area contributed by atoms with Crippen LogP contribution < -0.4 is 0 Å². The van der Waals surface area contributed by atoms with Crippen LogP contribution in [0.4, 0.5) is 0 Å². The maximum absolute atomic E-state index is 11.0. The monoisotopic (exact) mass is 244 g/mol. The van der Waals surface area contributed by atoms with Gasteiger partial charge in [-0.3, -0.25) is 0 Å². The average Bonchev–Trinajstić information content (AvgIpc) is 2.53. The fraction of sp³-hybridized carbons (Fsp3) is 0.400. The van der Waals surface area contributed by atoms with Crippen LogP contribution in [0, 0.1) is 0 Å². The maximum atomic E-state index is 11.0. The number of hydrogen-bond acceptors (Lipinski definition) is 7. The van der Waals surface area contributed by atoms with Crippen molar-refractivity contribution < 1.29 is 34.4 Å². The van der Waals surface area contributed by atoms with E-state index in [0.29, 0.717) is 0 Å². The van der Waals surface area contributed by atoms with Crippen molar-refractivity contribution in [1.29, 1.82) is 0 Å². The number of carbonyl (C=O) groups excluding carboxylic acids is 2. The molecule has 1 heterocycles. The van der Waals surface area contributed by atoms with E-state index in [1.54, 1.807) is 0 Å². The summed E-state index contributed by atoms with van der Waals surface area (Å²) in [5.74, 6) is -3.60. The number of carbonyl (C=O) groups is 2. The standard InChI is InChI=1S/C10H12O7/c1-4(2)9(14)16-3-5(11)8-6(12)7(13)10(15)17-8/h5,8,11-13H,1,3H2,2H3/t5-,8+/m0/s1. The Kier molecular flexibility index (Phi) is 3.74. The van der Waals surface area contributed by atoms with Gasteiger partial charge in [0.25, 0.3) is 0 Å². The van der Waals surface area contributed by atoms with Gasteiger partial charge in [-0.2, -0.15) is 0 Å². The summed E-state index contributed by atoms with van der Waals surface area (Å²) < 4.78 is 9.07. The molecule has 0 aromatic heterocycles. The number of esters is 2. The highest BCUT2D eigenvalue weighted by molar-refractivity contribution is 5.89. The number of aliphatic hydroxyl groups excluding tert-OH is 3. The van der Waals surface area contributed by atoms with Gasteiger partial charge in [0.05, 0.1) is 0 Å². The molecular formula is C10H12O7. The van der Waals surface area contributed by atoms with E-state index in [-0.39, 0.29) is 5.57 Å². The van der Waals surface area contributed by atoms with Gasteiger partial charge in [-0.25, -0.2) is 9.59 Å². The van der Waals surface area contributed by atoms with Gasteiger partial charge < -0.3 is 24.8 Å². The van der Waals surface area contributed by atoms with Gasteiger partial charge in [-0.15, -0.1) is 0 Å². The van der Waals surface area contributed by atoms with E-state index < -0.39 is 42.3 Å². The van der Waals surface area contributed by atoms with Gasteiger partial charge in [0.1, 0.15) is 12.7 Å². The molecule has 0 spiro atoms. The summed E-state index contributed by atoms with van der Waals surface area (Å²) in [6, 6.07) is 0. The molecule has 3 N–H and O–H groups in total. The summed E-state index contributed by atoms with van der Waals surface area (Å²) in [4.78, 5) is 21.8. The summed E-state index contributed by atoms with van der Waals surface area (Å²) in [5, 5.41) is 27.7. The lowest BCUT2D eigenvalue weighted by atomic mass is 10.2. The van der Waals surface area contributed by atoms with Crippen molar-refractivity contribution in [2.45, 2.75) is 19.1 Å². The van der Waals surface area contributed by atoms with E-state index in [2.05, 4.69) is 16.1 Å². The molecule has 0 saturated heterocycles. The Bertz CT molecular complexity index is 395. The van der Waals surface area contributed by atoms with Gasteiger partial charge >= 0.3 is 11.9 Å². The fourth-order valence-electron chi connectivity index (χ4n) is 1.10. The minimum Gasteiger partial charge on any atom is -0.505 e. The van der Waals surface area contributed by atoms with Crippen molar-refractivity contribution >= 4 is 11.9 Å². The van der Waals surface area contributed by atoms with Gasteiger partial charge in [-0.1, -0.05) is 6.58 Å². The smallest absolute Gasteiger partial charge is 0.377 e. The van der Waals surface area contributed by atoms with E-state index in [1.165, 1.54) is 6.92 Å². The summed E-state index contributed by atoms with van der Waals surface area (Å²) in [5.41, 5.74) is 0.142. The van der Waals surface area contributed by atoms with Crippen molar-refractivity contribution in [3.8, 4) is 0 Å². The molecule has 0 radical (unpaired) electrons. The second kappa shape index (κ2) is 4.88. The number of aliphatic hydroxyl groups is 3. The molecule has 94 valence electrons. The molecular weight excluding hydrogens is 232 g/mol. The van der Waals surface area contributed by atoms with E-state index in [1.807, 2.05) is 0 Å². The zero-order valence-electron chi connectivity index (χ0n) is 9.04. The fourth-order valence-corrected chi connectivity index (χ4v) is 1.10. The molecule has 7 nitrogen and oxygen atoms in total. The predicted octanol–water partition coefficient (Wildman–Crippen LogP) is -0.280. The molecule has 0 fully saturated rings. The molecule has 0 aliphatic carbocycles. The molecule has 0 amide bonds. The maximum Gasteiger partial charge on any atom is 0.377 e. The summed E-state index contributed by atoms with van der Waals surface area (Å²) >= 11 is 0. The van der Waals surface area contributed by atoms with Crippen LogP contribution in [0.15, 0.2) is 23.7 Å². The van der Waals surface area contributed by atoms with E-state index in [0.717, 1.165) is 0 Å². The van der Waals surface area contributed by atoms with Crippen molar-refractivity contribution in [1.82, 2.24) is 0 Å². The zero-order chi connectivity index (χ0) is 13.2. The average molecular weight is 244 g/mol. The van der Waals surface area contributed by atoms with Crippen molar-refractivity contribution in [3.63, 3.8) is 0 Å². The zero-order valence-corrected chi connectivity index (χ0v) is 9.04. The van der Waals surface area contributed by atoms with Crippen molar-refractivity contribution in [2.75, 3.05) is 6.61 Å². The first-order valence-electron chi connectivity index (χ1n) is 4.68. The lowest BCUT2D eigenvalue weighted by Crippen LogP contribution is -2.33. The Labute approximate surface area is 96.6 Å². The van der Waals surface area contributed by atoms with Crippen LogP contribution in [0.2, 0.25) is 0 Å². The molecule has 2 atom stereocenters. The van der Waals surface area contributed by atoms with E-state index >= 15 is 0 Å². The third-order valence-corrected chi connectivity index (χ3v) is 2.02. The molecule has 0 aromatic carbocycles. The highest BCUT2D eigenvalue weighted by Crippen LogP contribution is 2.21. The van der Waals surface area contributed by atoms with Crippen LogP contribution in [-0.2, 0) is 19.1 Å². The lowest BCUT2D eigenvalue weighted by Gasteiger charge is -2.17. The van der Waals surface area contributed by atoms with Crippen LogP contribution >= 0.6 is 0 Å². The normalized spacial score (nSPS) is 21.1. The van der Waals surface area contributed by atoms with Gasteiger partial charge in [0, 0.05) is 5.57 Å². The first-order valence-corrected chi connectivity index (χ1v) is 4.68. The first-order chi connectivity index (χ1) is 7.84. The molecule has 0 aromatic rings. The van der Waals surface area contributed by atoms with E-state index in [4.69, 9.17) is 5.11 Å². The molecule has 1 rings (SSSR count). The number of rotatable bonds is 4. The third-order valence-electron chi connectivity index (χ3n) is 2.02. The Balaban J connectivity index is 2.56. The predicted molar refractivity (Wildman–Crippen MR) is 53.9 cm³/mol. The Morgan fingerprint density at radius 1 is 1.59 bits per heavy atom. The Morgan fingerprint density at radius 3 is 2.59 bits per heavy atom. The number of ether oxygens (including phenoxy) is 2. The number of cyclic esters (lactones) is 1. The second-order valence-electron chi connectivity index (χ2n) is 3.51. The summed E-state index contributed by atoms with van der Waals surface area (Å²) in [6.07, 6.45) is -2.90. The van der Waals surface area contributed by atoms with Crippen LogP contribution in [0.5, 0.6) is 0 Å². The quantitative estimate of drug-likeness (QED) is 0.460. The number of hydrogen-bond donors (Lipinski definition) is 3. The van der Waals surface area contributed by atoms with Crippen molar-refractivity contribution in [2.24, 2.45) is 0 Å². The van der Waals surface area contributed by atoms with Crippen LogP contribution in [0.25, 0.3) is 0 Å². The van der Waals surface area contributed by atoms with Gasteiger partial charge in [0.2, 0.25) is 5.76 Å². The second-order valence-corrected chi connectivity index (χ2v) is 3.51. The van der Waals surface area contributed by atoms with Crippen molar-refractivity contribution in [3.05, 3.63) is 23.7 Å². The Morgan fingerprint density at radius 2 is 2.18 bits per heavy atom. The SMILES string of the molecule is C=C(C)C(=O)OC[C@H](O)[C@H]1OC(=O)C(O)=C1O. The highest BCUT2D eigenvalue weighted by Gasteiger charge is 2.39. The van der Waals surface area contributed by atoms with Gasteiger partial charge in [0.15, 0.2) is 11.9 Å². The van der Waals surface area contributed by atoms with Crippen LogP contribution in [0.1, 0.15) is 6.92 Å². The molecule has 0 saturated carbocycles. The van der Waals surface area contributed by atoms with Crippen LogP contribution in [-0.4, -0.2) is 46.1 Å². The topological polar surface area (TPSA) is 113 Å². The minimum absolute atomic E-state index is 0.142. The molecule has 0 unspecified atom stereocenters. The molecule has 0 bridgehead atoms. The van der Waals surface area contributed by atoms with Crippen LogP contribution in [0.3, 0.4) is 0 Å². The van der Waals surface area contributed by atoms with E-state index in [9.17, 15) is 19.8 Å². The largest absolute Gasteiger partial charge is 0.505 e. The lowest BCUT2D eigenvalue weighted by molar-refractivity contribution is -0.152. The molecule has 7 heteroatoms. The minimum atomic E-state index is -1.47. The molecule has 1 aliphatic heterocycles. The summed E-state index contributed by atoms with van der Waals surface area (Å²) in [7, 11) is 0. The van der Waals surface area contributed by atoms with Gasteiger partial charge in [-0.05, 0) is 6.92 Å². The first kappa shape index (κ1) is 13.0. The molecule has 17 heavy (non-hydrogen) atoms.